The van der Waals surface area contributed by atoms with Crippen LogP contribution in [-0.2, 0) is 11.3 Å². The van der Waals surface area contributed by atoms with Gasteiger partial charge in [0.15, 0.2) is 0 Å². The number of rotatable bonds is 1. The molecular weight excluding hydrogens is 504 g/mol. The lowest BCUT2D eigenvalue weighted by Crippen LogP contribution is -2.56. The Bertz CT molecular complexity index is 1240. The Balaban J connectivity index is 0.00000181. The van der Waals surface area contributed by atoms with Gasteiger partial charge in [0.25, 0.3) is 0 Å². The first-order valence-electron chi connectivity index (χ1n) is 14.2. The number of pyridine rings is 1. The average Bonchev–Trinajstić information content (AvgIpc) is 2.98. The first kappa shape index (κ1) is 29.4. The highest BCUT2D eigenvalue weighted by Crippen LogP contribution is 2.22. The summed E-state index contributed by atoms with van der Waals surface area (Å²) >= 11 is 0. The van der Waals surface area contributed by atoms with Crippen LogP contribution >= 0.6 is 0 Å². The molecule has 7 heterocycles. The third-order valence-electron chi connectivity index (χ3n) is 7.33. The quantitative estimate of drug-likeness (QED) is 0.477. The number of piperazine rings is 1. The lowest BCUT2D eigenvalue weighted by Gasteiger charge is -2.40. The molecule has 1 aromatic carbocycles. The van der Waals surface area contributed by atoms with E-state index in [1.54, 1.807) is 11.1 Å². The Morgan fingerprint density at radius 3 is 2.58 bits per heavy atom. The molecule has 1 fully saturated rings. The van der Waals surface area contributed by atoms with Crippen molar-refractivity contribution < 1.29 is 9.90 Å². The summed E-state index contributed by atoms with van der Waals surface area (Å²) < 4.78 is 0. The molecule has 5 aliphatic rings. The number of aromatic nitrogens is 3. The second-order valence-electron chi connectivity index (χ2n) is 10.1. The maximum absolute atomic E-state index is 13.0. The minimum Gasteiger partial charge on any atom is -0.395 e. The zero-order valence-corrected chi connectivity index (χ0v) is 24.1. The van der Waals surface area contributed by atoms with Crippen LogP contribution in [0.5, 0.6) is 0 Å². The van der Waals surface area contributed by atoms with Gasteiger partial charge in [0.1, 0.15) is 5.82 Å². The first-order chi connectivity index (χ1) is 19.5. The third-order valence-corrected chi connectivity index (χ3v) is 7.33. The van der Waals surface area contributed by atoms with Crippen molar-refractivity contribution in [1.29, 1.82) is 0 Å². The van der Waals surface area contributed by atoms with Crippen LogP contribution in [0.3, 0.4) is 0 Å². The highest BCUT2D eigenvalue weighted by Gasteiger charge is 2.28. The minimum absolute atomic E-state index is 0.0270. The number of likely N-dealkylation sites (N-methyl/N-ethyl adjacent to an activating group) is 1. The van der Waals surface area contributed by atoms with E-state index >= 15 is 0 Å². The Morgan fingerprint density at radius 1 is 0.975 bits per heavy atom. The molecule has 2 aromatic heterocycles. The molecule has 2 N–H and O–H groups in total. The van der Waals surface area contributed by atoms with Crippen molar-refractivity contribution in [3.63, 3.8) is 0 Å². The van der Waals surface area contributed by atoms with Crippen LogP contribution in [0.4, 0.5) is 17.5 Å². The van der Waals surface area contributed by atoms with Crippen molar-refractivity contribution in [1.82, 2.24) is 29.7 Å². The van der Waals surface area contributed by atoms with Crippen molar-refractivity contribution in [2.24, 2.45) is 0 Å². The Kier molecular flexibility index (Phi) is 10.4. The van der Waals surface area contributed by atoms with Gasteiger partial charge in [0.2, 0.25) is 11.9 Å². The number of nitrogens with one attached hydrogen (secondary N) is 1. The second-order valence-corrected chi connectivity index (χ2v) is 10.1. The highest BCUT2D eigenvalue weighted by molar-refractivity contribution is 5.78. The maximum atomic E-state index is 13.0. The summed E-state index contributed by atoms with van der Waals surface area (Å²) in [7, 11) is 3.87. The molecule has 8 bridgehead atoms. The van der Waals surface area contributed by atoms with Crippen LogP contribution in [0.25, 0.3) is 11.3 Å². The van der Waals surface area contributed by atoms with Gasteiger partial charge in [-0.15, -0.1) is 0 Å². The number of aliphatic hydroxyl groups is 1. The number of carbonyl (C=O) groups is 1. The smallest absolute Gasteiger partial charge is 0.236 e. The number of aliphatic hydroxyl groups excluding tert-OH is 1. The molecule has 0 saturated carbocycles. The molecule has 3 atom stereocenters. The zero-order chi connectivity index (χ0) is 28.5. The van der Waals surface area contributed by atoms with Crippen molar-refractivity contribution in [3.05, 3.63) is 60.4 Å². The molecule has 0 aliphatic carbocycles. The topological polar surface area (TPSA) is 101 Å². The SMILES string of the molecule is CC.CN1CCCN(C)c2ccc(cn2)-c2ccnc(n2)Nc2cccc(c2)CN2CCN(CC1=O)C(CO)C2. The number of amides is 1. The van der Waals surface area contributed by atoms with Crippen molar-refractivity contribution in [2.75, 3.05) is 70.2 Å². The summed E-state index contributed by atoms with van der Waals surface area (Å²) in [6, 6.07) is 14.1. The maximum Gasteiger partial charge on any atom is 0.236 e. The largest absolute Gasteiger partial charge is 0.395 e. The number of benzene rings is 1. The molecule has 40 heavy (non-hydrogen) atoms. The van der Waals surface area contributed by atoms with Crippen LogP contribution in [0, 0.1) is 0 Å². The summed E-state index contributed by atoms with van der Waals surface area (Å²) in [6.45, 7) is 8.86. The molecule has 1 amide bonds. The van der Waals surface area contributed by atoms with E-state index < -0.39 is 0 Å². The molecule has 1 saturated heterocycles. The van der Waals surface area contributed by atoms with Crippen LogP contribution in [0.2, 0.25) is 0 Å². The van der Waals surface area contributed by atoms with Crippen molar-refractivity contribution in [3.8, 4) is 11.3 Å². The first-order valence-corrected chi connectivity index (χ1v) is 14.2. The standard InChI is InChI=1S/C28H36N8O2.C2H6/c1-33-11-4-12-34(2)27(38)19-36-14-13-35(18-24(36)20-37)17-21-5-3-6-23(15-21)31-28-29-10-9-25(32-28)22-7-8-26(33)30-16-22;1-2/h3,5-10,15-16,24,37H,4,11-14,17-20H2,1-2H3,(H,29,31,32);1-2H3. The van der Waals surface area contributed by atoms with E-state index in [4.69, 9.17) is 4.98 Å². The van der Waals surface area contributed by atoms with Gasteiger partial charge in [0, 0.05) is 83.1 Å². The molecule has 8 rings (SSSR count). The normalized spacial score (nSPS) is 21.8. The Labute approximate surface area is 237 Å². The number of hydrogen-bond donors (Lipinski definition) is 2. The van der Waals surface area contributed by atoms with Gasteiger partial charge in [-0.25, -0.2) is 15.0 Å². The van der Waals surface area contributed by atoms with Gasteiger partial charge in [-0.2, -0.15) is 0 Å². The van der Waals surface area contributed by atoms with Crippen molar-refractivity contribution in [2.45, 2.75) is 32.9 Å². The molecule has 10 heteroatoms. The van der Waals surface area contributed by atoms with Gasteiger partial charge < -0.3 is 20.2 Å². The molecule has 0 spiro atoms. The summed E-state index contributed by atoms with van der Waals surface area (Å²) in [4.78, 5) is 35.1. The molecule has 214 valence electrons. The summed E-state index contributed by atoms with van der Waals surface area (Å²) in [6.07, 6.45) is 4.42. The zero-order valence-electron chi connectivity index (χ0n) is 24.1. The lowest BCUT2D eigenvalue weighted by atomic mass is 10.1. The van der Waals surface area contributed by atoms with Gasteiger partial charge in [-0.3, -0.25) is 14.6 Å². The number of carbonyl (C=O) groups excluding carboxylic acids is 1. The predicted molar refractivity (Wildman–Crippen MR) is 160 cm³/mol. The van der Waals surface area contributed by atoms with E-state index in [9.17, 15) is 9.90 Å². The molecule has 3 aromatic rings. The summed E-state index contributed by atoms with van der Waals surface area (Å²) in [5.74, 6) is 1.48. The second kappa shape index (κ2) is 14.2. The highest BCUT2D eigenvalue weighted by atomic mass is 16.3. The third kappa shape index (κ3) is 7.53. The van der Waals surface area contributed by atoms with Crippen LogP contribution in [-0.4, -0.2) is 107 Å². The minimum atomic E-state index is -0.0693. The number of nitrogens with zero attached hydrogens (tertiary/aromatic N) is 7. The van der Waals surface area contributed by atoms with E-state index in [0.29, 0.717) is 25.6 Å². The van der Waals surface area contributed by atoms with Crippen molar-refractivity contribution >= 4 is 23.4 Å². The number of anilines is 3. The molecular formula is C30H42N8O2. The van der Waals surface area contributed by atoms with E-state index in [-0.39, 0.29) is 18.6 Å². The fourth-order valence-electron chi connectivity index (χ4n) is 5.04. The van der Waals surface area contributed by atoms with E-state index in [0.717, 1.165) is 60.9 Å². The van der Waals surface area contributed by atoms with Gasteiger partial charge >= 0.3 is 0 Å². The van der Waals surface area contributed by atoms with E-state index in [2.05, 4.69) is 42.1 Å². The molecule has 0 radical (unpaired) electrons. The van der Waals surface area contributed by atoms with Crippen LogP contribution < -0.4 is 10.2 Å². The predicted octanol–water partition coefficient (Wildman–Crippen LogP) is 3.09. The van der Waals surface area contributed by atoms with Gasteiger partial charge in [-0.1, -0.05) is 26.0 Å². The molecule has 3 unspecified atom stereocenters. The molecule has 10 nitrogen and oxygen atoms in total. The van der Waals surface area contributed by atoms with Gasteiger partial charge in [-0.05, 0) is 42.3 Å². The Morgan fingerprint density at radius 2 is 1.80 bits per heavy atom. The number of hydrogen-bond acceptors (Lipinski definition) is 9. The lowest BCUT2D eigenvalue weighted by molar-refractivity contribution is -0.132. The molecule has 5 aliphatic heterocycles. The average molecular weight is 547 g/mol. The monoisotopic (exact) mass is 546 g/mol. The fraction of sp³-hybridized carbons (Fsp3) is 0.467. The summed E-state index contributed by atoms with van der Waals surface area (Å²) in [5, 5.41) is 13.4. The van der Waals surface area contributed by atoms with E-state index in [1.807, 2.05) is 64.5 Å². The fourth-order valence-corrected chi connectivity index (χ4v) is 5.04. The van der Waals surface area contributed by atoms with Crippen LogP contribution in [0.15, 0.2) is 54.9 Å². The van der Waals surface area contributed by atoms with Gasteiger partial charge in [0.05, 0.1) is 18.8 Å². The summed E-state index contributed by atoms with van der Waals surface area (Å²) in [5.41, 5.74) is 3.79. The van der Waals surface area contributed by atoms with Crippen LogP contribution in [0.1, 0.15) is 25.8 Å². The van der Waals surface area contributed by atoms with E-state index in [1.165, 1.54) is 0 Å². The Hall–Kier alpha value is -3.60.